The summed E-state index contributed by atoms with van der Waals surface area (Å²) < 4.78 is 0. The Morgan fingerprint density at radius 2 is 1.25 bits per heavy atom. The third kappa shape index (κ3) is 4.76. The molecule has 2 rings (SSSR count). The summed E-state index contributed by atoms with van der Waals surface area (Å²) in [5.74, 6) is 0. The molecule has 1 nitrogen and oxygen atoms in total. The van der Waals surface area contributed by atoms with Crippen molar-refractivity contribution in [2.24, 2.45) is 0 Å². The van der Waals surface area contributed by atoms with Gasteiger partial charge in [0.25, 0.3) is 0 Å². The van der Waals surface area contributed by atoms with Gasteiger partial charge in [0.15, 0.2) is 0 Å². The first kappa shape index (κ1) is 14.4. The smallest absolute Gasteiger partial charge is 0.0184 e. The Labute approximate surface area is 97.7 Å². The van der Waals surface area contributed by atoms with Crippen molar-refractivity contribution in [3.8, 4) is 0 Å². The van der Waals surface area contributed by atoms with Gasteiger partial charge in [-0.3, -0.25) is 0 Å². The van der Waals surface area contributed by atoms with Gasteiger partial charge in [0.05, 0.1) is 0 Å². The van der Waals surface area contributed by atoms with Gasteiger partial charge in [-0.15, -0.1) is 0 Å². The molecule has 2 aromatic rings. The second kappa shape index (κ2) is 8.69. The molecule has 0 atom stereocenters. The fourth-order valence-corrected chi connectivity index (χ4v) is 1.37. The first-order chi connectivity index (χ1) is 7.38. The average molecular weight is 216 g/mol. The van der Waals surface area contributed by atoms with Crippen molar-refractivity contribution in [3.63, 3.8) is 0 Å². The van der Waals surface area contributed by atoms with Crippen LogP contribution in [0.3, 0.4) is 0 Å². The van der Waals surface area contributed by atoms with Crippen LogP contribution in [0.5, 0.6) is 0 Å². The lowest BCUT2D eigenvalue weighted by Gasteiger charge is -1.92. The van der Waals surface area contributed by atoms with Gasteiger partial charge in [0, 0.05) is 0 Å². The number of fused-ring (bicyclic) bond motifs is 1. The van der Waals surface area contributed by atoms with Gasteiger partial charge >= 0.3 is 0 Å². The van der Waals surface area contributed by atoms with E-state index in [9.17, 15) is 0 Å². The van der Waals surface area contributed by atoms with Crippen molar-refractivity contribution < 1.29 is 5.48 Å². The zero-order valence-electron chi connectivity index (χ0n) is 9.98. The predicted octanol–water partition coefficient (Wildman–Crippen LogP) is 3.99. The summed E-state index contributed by atoms with van der Waals surface area (Å²) in [6, 6.07) is 16.7. The summed E-state index contributed by atoms with van der Waals surface area (Å²) in [6.45, 7) is 4.16. The number of rotatable bonds is 1. The molecule has 0 radical (unpaired) electrons. The zero-order chi connectivity index (χ0) is 10.9. The second-order valence-electron chi connectivity index (χ2n) is 3.32. The third-order valence-electron chi connectivity index (χ3n) is 2.13. The van der Waals surface area contributed by atoms with Gasteiger partial charge < -0.3 is 5.48 Å². The van der Waals surface area contributed by atoms with Gasteiger partial charge in [-0.25, -0.2) is 0 Å². The van der Waals surface area contributed by atoms with Crippen LogP contribution in [0.2, 0.25) is 0 Å². The number of hydrogen-bond donors (Lipinski definition) is 0. The maximum Gasteiger partial charge on any atom is -0.0184 e. The second-order valence-corrected chi connectivity index (χ2v) is 3.32. The molecule has 0 aliphatic heterocycles. The SMILES string of the molecule is CC=CCC.O.c1ccc2ccccc2c1. The number of allylic oxidation sites excluding steroid dienone is 2. The lowest BCUT2D eigenvalue weighted by molar-refractivity contribution is 0.824. The maximum absolute atomic E-state index is 2.12. The summed E-state index contributed by atoms with van der Waals surface area (Å²) in [4.78, 5) is 0. The van der Waals surface area contributed by atoms with E-state index >= 15 is 0 Å². The van der Waals surface area contributed by atoms with E-state index in [1.807, 2.05) is 6.92 Å². The molecule has 86 valence electrons. The van der Waals surface area contributed by atoms with E-state index in [0.717, 1.165) is 6.42 Å². The van der Waals surface area contributed by atoms with Gasteiger partial charge in [0.2, 0.25) is 0 Å². The van der Waals surface area contributed by atoms with Gasteiger partial charge in [-0.05, 0) is 24.1 Å². The lowest BCUT2D eigenvalue weighted by Crippen LogP contribution is -1.67. The Morgan fingerprint density at radius 1 is 0.875 bits per heavy atom. The number of hydrogen-bond acceptors (Lipinski definition) is 0. The van der Waals surface area contributed by atoms with Crippen LogP contribution in [-0.2, 0) is 0 Å². The van der Waals surface area contributed by atoms with Gasteiger partial charge in [-0.1, -0.05) is 67.6 Å². The highest BCUT2D eigenvalue weighted by Gasteiger charge is 1.85. The quantitative estimate of drug-likeness (QED) is 0.646. The normalized spacial score (nSPS) is 9.38. The van der Waals surface area contributed by atoms with E-state index in [-0.39, 0.29) is 5.48 Å². The maximum atomic E-state index is 2.12. The van der Waals surface area contributed by atoms with Crippen LogP contribution in [-0.4, -0.2) is 5.48 Å². The standard InChI is InChI=1S/C10H8.C5H10.H2O/c1-2-6-10-8-4-3-7-9(10)5-1;1-3-5-4-2;/h1-8H;3,5H,4H2,1-2H3;1H2. The first-order valence-corrected chi connectivity index (χ1v) is 5.43. The highest BCUT2D eigenvalue weighted by atomic mass is 16.0. The Bertz CT molecular complexity index is 353. The van der Waals surface area contributed by atoms with Crippen LogP contribution in [0, 0.1) is 0 Å². The van der Waals surface area contributed by atoms with E-state index in [4.69, 9.17) is 0 Å². The van der Waals surface area contributed by atoms with Crippen molar-refractivity contribution in [2.45, 2.75) is 20.3 Å². The Hall–Kier alpha value is -1.60. The van der Waals surface area contributed by atoms with Crippen molar-refractivity contribution in [1.29, 1.82) is 0 Å². The minimum absolute atomic E-state index is 0. The highest BCUT2D eigenvalue weighted by Crippen LogP contribution is 2.11. The molecule has 0 saturated carbocycles. The molecule has 0 bridgehead atoms. The molecule has 2 aromatic carbocycles. The predicted molar refractivity (Wildman–Crippen MR) is 72.7 cm³/mol. The minimum Gasteiger partial charge on any atom is -0.412 e. The average Bonchev–Trinajstić information content (AvgIpc) is 2.31. The van der Waals surface area contributed by atoms with E-state index in [2.05, 4.69) is 67.6 Å². The first-order valence-electron chi connectivity index (χ1n) is 5.43. The Balaban J connectivity index is 0.000000330. The summed E-state index contributed by atoms with van der Waals surface area (Å²) in [5, 5.41) is 2.62. The molecule has 0 amide bonds. The Kier molecular flexibility index (Phi) is 7.82. The van der Waals surface area contributed by atoms with Crippen molar-refractivity contribution in [2.75, 3.05) is 0 Å². The molecule has 1 heteroatoms. The van der Waals surface area contributed by atoms with E-state index in [1.54, 1.807) is 0 Å². The van der Waals surface area contributed by atoms with Crippen LogP contribution >= 0.6 is 0 Å². The van der Waals surface area contributed by atoms with Crippen LogP contribution in [0.4, 0.5) is 0 Å². The van der Waals surface area contributed by atoms with Gasteiger partial charge in [0.1, 0.15) is 0 Å². The largest absolute Gasteiger partial charge is 0.412 e. The molecular weight excluding hydrogens is 196 g/mol. The summed E-state index contributed by atoms with van der Waals surface area (Å²) in [5.41, 5.74) is 0. The molecule has 16 heavy (non-hydrogen) atoms. The van der Waals surface area contributed by atoms with Crippen molar-refractivity contribution >= 4 is 10.8 Å². The van der Waals surface area contributed by atoms with Crippen LogP contribution in [0.25, 0.3) is 10.8 Å². The molecule has 0 aromatic heterocycles. The molecule has 0 saturated heterocycles. The van der Waals surface area contributed by atoms with Gasteiger partial charge in [-0.2, -0.15) is 0 Å². The lowest BCUT2D eigenvalue weighted by atomic mass is 10.1. The molecule has 2 N–H and O–H groups in total. The monoisotopic (exact) mass is 216 g/mol. The molecule has 0 fully saturated rings. The van der Waals surface area contributed by atoms with Crippen molar-refractivity contribution in [3.05, 3.63) is 60.7 Å². The fraction of sp³-hybridized carbons (Fsp3) is 0.200. The highest BCUT2D eigenvalue weighted by molar-refractivity contribution is 5.81. The zero-order valence-corrected chi connectivity index (χ0v) is 9.98. The fourth-order valence-electron chi connectivity index (χ4n) is 1.37. The topological polar surface area (TPSA) is 31.5 Å². The minimum atomic E-state index is 0. The van der Waals surface area contributed by atoms with E-state index in [0.29, 0.717) is 0 Å². The van der Waals surface area contributed by atoms with E-state index in [1.165, 1.54) is 10.8 Å². The Morgan fingerprint density at radius 3 is 1.44 bits per heavy atom. The van der Waals surface area contributed by atoms with E-state index < -0.39 is 0 Å². The van der Waals surface area contributed by atoms with Crippen LogP contribution in [0.15, 0.2) is 60.7 Å². The molecule has 0 heterocycles. The summed E-state index contributed by atoms with van der Waals surface area (Å²) in [6.07, 6.45) is 5.34. The third-order valence-corrected chi connectivity index (χ3v) is 2.13. The summed E-state index contributed by atoms with van der Waals surface area (Å²) >= 11 is 0. The molecule has 0 aliphatic rings. The summed E-state index contributed by atoms with van der Waals surface area (Å²) in [7, 11) is 0. The van der Waals surface area contributed by atoms with Crippen LogP contribution < -0.4 is 0 Å². The number of benzene rings is 2. The van der Waals surface area contributed by atoms with Crippen molar-refractivity contribution in [1.82, 2.24) is 0 Å². The molecule has 0 aliphatic carbocycles. The molecule has 0 unspecified atom stereocenters. The molecular formula is C15H20O. The molecule has 0 spiro atoms. The van der Waals surface area contributed by atoms with Crippen LogP contribution in [0.1, 0.15) is 20.3 Å².